The Morgan fingerprint density at radius 2 is 2.00 bits per heavy atom. The van der Waals surface area contributed by atoms with E-state index in [4.69, 9.17) is 5.26 Å². The average Bonchev–Trinajstić information content (AvgIpc) is 2.05. The van der Waals surface area contributed by atoms with Gasteiger partial charge in [-0.3, -0.25) is 0 Å². The second-order valence-corrected chi connectivity index (χ2v) is 4.87. The summed E-state index contributed by atoms with van der Waals surface area (Å²) in [6, 6.07) is 2.47. The summed E-state index contributed by atoms with van der Waals surface area (Å²) in [4.78, 5) is 0. The van der Waals surface area contributed by atoms with Crippen LogP contribution < -0.4 is 0 Å². The summed E-state index contributed by atoms with van der Waals surface area (Å²) in [5, 5.41) is 9.03. The Kier molecular flexibility index (Phi) is 2.46. The van der Waals surface area contributed by atoms with Gasteiger partial charge in [0, 0.05) is 0 Å². The first-order valence-electron chi connectivity index (χ1n) is 4.95. The molecule has 1 saturated carbocycles. The summed E-state index contributed by atoms with van der Waals surface area (Å²) in [6.07, 6.45) is 5.94. The van der Waals surface area contributed by atoms with Crippen LogP contribution in [0.1, 0.15) is 52.9 Å². The minimum atomic E-state index is -0.0387. The fourth-order valence-electron chi connectivity index (χ4n) is 2.42. The maximum absolute atomic E-state index is 9.03. The van der Waals surface area contributed by atoms with Crippen molar-refractivity contribution in [2.24, 2.45) is 10.8 Å². The van der Waals surface area contributed by atoms with Crippen LogP contribution in [0.4, 0.5) is 0 Å². The molecule has 1 aliphatic carbocycles. The highest BCUT2D eigenvalue weighted by molar-refractivity contribution is 5.01. The predicted octanol–water partition coefficient (Wildman–Crippen LogP) is 3.51. The third kappa shape index (κ3) is 1.80. The van der Waals surface area contributed by atoms with Gasteiger partial charge in [-0.1, -0.05) is 26.7 Å². The Morgan fingerprint density at radius 1 is 1.33 bits per heavy atom. The monoisotopic (exact) mass is 165 g/mol. The van der Waals surface area contributed by atoms with Crippen LogP contribution in [0, 0.1) is 22.2 Å². The van der Waals surface area contributed by atoms with E-state index in [9.17, 15) is 0 Å². The van der Waals surface area contributed by atoms with Crippen molar-refractivity contribution in [3.8, 4) is 6.07 Å². The topological polar surface area (TPSA) is 23.8 Å². The maximum atomic E-state index is 9.03. The number of nitriles is 1. The summed E-state index contributed by atoms with van der Waals surface area (Å²) in [6.45, 7) is 6.67. The van der Waals surface area contributed by atoms with Crippen molar-refractivity contribution in [2.45, 2.75) is 52.9 Å². The minimum absolute atomic E-state index is 0.0387. The lowest BCUT2D eigenvalue weighted by Crippen LogP contribution is -2.31. The second kappa shape index (κ2) is 3.09. The summed E-state index contributed by atoms with van der Waals surface area (Å²) in [5.41, 5.74) is 0.395. The molecular formula is C11H19N. The fraction of sp³-hybridized carbons (Fsp3) is 0.909. The number of hydrogen-bond donors (Lipinski definition) is 0. The van der Waals surface area contributed by atoms with Crippen LogP contribution in [-0.4, -0.2) is 0 Å². The molecule has 1 fully saturated rings. The third-order valence-electron chi connectivity index (χ3n) is 3.45. The Morgan fingerprint density at radius 3 is 2.50 bits per heavy atom. The van der Waals surface area contributed by atoms with Crippen LogP contribution in [0.15, 0.2) is 0 Å². The van der Waals surface area contributed by atoms with Crippen LogP contribution in [-0.2, 0) is 0 Å². The van der Waals surface area contributed by atoms with Crippen molar-refractivity contribution < 1.29 is 0 Å². The molecule has 2 atom stereocenters. The molecule has 1 rings (SSSR count). The third-order valence-corrected chi connectivity index (χ3v) is 3.45. The molecule has 68 valence electrons. The summed E-state index contributed by atoms with van der Waals surface area (Å²) < 4.78 is 0. The first kappa shape index (κ1) is 9.58. The van der Waals surface area contributed by atoms with Gasteiger partial charge in [-0.2, -0.15) is 5.26 Å². The molecule has 0 radical (unpaired) electrons. The second-order valence-electron chi connectivity index (χ2n) is 4.87. The highest BCUT2D eigenvalue weighted by Crippen LogP contribution is 2.47. The lowest BCUT2D eigenvalue weighted by molar-refractivity contribution is 0.121. The van der Waals surface area contributed by atoms with Crippen LogP contribution in [0.2, 0.25) is 0 Å². The van der Waals surface area contributed by atoms with E-state index >= 15 is 0 Å². The maximum Gasteiger partial charge on any atom is 0.0687 e. The van der Waals surface area contributed by atoms with E-state index in [0.29, 0.717) is 5.41 Å². The van der Waals surface area contributed by atoms with Gasteiger partial charge in [0.2, 0.25) is 0 Å². The van der Waals surface area contributed by atoms with E-state index in [2.05, 4.69) is 26.8 Å². The lowest BCUT2D eigenvalue weighted by Gasteiger charge is -2.40. The Hall–Kier alpha value is -0.510. The van der Waals surface area contributed by atoms with Gasteiger partial charge < -0.3 is 0 Å². The van der Waals surface area contributed by atoms with E-state index < -0.39 is 0 Å². The summed E-state index contributed by atoms with van der Waals surface area (Å²) in [7, 11) is 0. The molecule has 0 amide bonds. The first-order chi connectivity index (χ1) is 5.54. The molecule has 0 saturated heterocycles. The predicted molar refractivity (Wildman–Crippen MR) is 50.6 cm³/mol. The minimum Gasteiger partial charge on any atom is -0.198 e. The molecule has 0 aliphatic heterocycles. The van der Waals surface area contributed by atoms with Crippen LogP contribution >= 0.6 is 0 Å². The van der Waals surface area contributed by atoms with E-state index in [-0.39, 0.29) is 5.41 Å². The summed E-state index contributed by atoms with van der Waals surface area (Å²) in [5.74, 6) is 0. The molecule has 0 N–H and O–H groups in total. The first-order valence-corrected chi connectivity index (χ1v) is 4.95. The van der Waals surface area contributed by atoms with Gasteiger partial charge in [-0.05, 0) is 31.6 Å². The highest BCUT2D eigenvalue weighted by atomic mass is 14.4. The van der Waals surface area contributed by atoms with E-state index in [0.717, 1.165) is 12.8 Å². The van der Waals surface area contributed by atoms with E-state index in [1.165, 1.54) is 19.3 Å². The molecule has 0 bridgehead atoms. The standard InChI is InChI=1S/C11H19N/c1-4-10(2)6-5-7-11(3,8-10)9-12/h4-8H2,1-3H3. The van der Waals surface area contributed by atoms with Crippen molar-refractivity contribution in [1.82, 2.24) is 0 Å². The molecule has 1 nitrogen and oxygen atoms in total. The molecule has 0 aromatic rings. The van der Waals surface area contributed by atoms with Gasteiger partial charge in [0.05, 0.1) is 11.5 Å². The van der Waals surface area contributed by atoms with E-state index in [1.807, 2.05) is 0 Å². The molecule has 0 spiro atoms. The molecular weight excluding hydrogens is 146 g/mol. The van der Waals surface area contributed by atoms with Crippen LogP contribution in [0.3, 0.4) is 0 Å². The molecule has 1 aliphatic rings. The van der Waals surface area contributed by atoms with Crippen molar-refractivity contribution >= 4 is 0 Å². The highest BCUT2D eigenvalue weighted by Gasteiger charge is 2.38. The number of hydrogen-bond acceptors (Lipinski definition) is 1. The van der Waals surface area contributed by atoms with Crippen LogP contribution in [0.25, 0.3) is 0 Å². The molecule has 1 heteroatoms. The SMILES string of the molecule is CCC1(C)CCCC(C)(C#N)C1. The number of rotatable bonds is 1. The largest absolute Gasteiger partial charge is 0.198 e. The van der Waals surface area contributed by atoms with Gasteiger partial charge in [-0.15, -0.1) is 0 Å². The van der Waals surface area contributed by atoms with Gasteiger partial charge in [-0.25, -0.2) is 0 Å². The van der Waals surface area contributed by atoms with Gasteiger partial charge >= 0.3 is 0 Å². The Labute approximate surface area is 75.8 Å². The van der Waals surface area contributed by atoms with Gasteiger partial charge in [0.25, 0.3) is 0 Å². The molecule has 2 unspecified atom stereocenters. The van der Waals surface area contributed by atoms with E-state index in [1.54, 1.807) is 0 Å². The fourth-order valence-corrected chi connectivity index (χ4v) is 2.42. The zero-order chi connectivity index (χ0) is 9.24. The van der Waals surface area contributed by atoms with Crippen molar-refractivity contribution in [2.75, 3.05) is 0 Å². The lowest BCUT2D eigenvalue weighted by atomic mass is 9.63. The van der Waals surface area contributed by atoms with Crippen molar-refractivity contribution in [3.05, 3.63) is 0 Å². The van der Waals surface area contributed by atoms with Crippen molar-refractivity contribution in [3.63, 3.8) is 0 Å². The quantitative estimate of drug-likeness (QED) is 0.583. The normalized spacial score (nSPS) is 42.2. The Balaban J connectivity index is 2.70. The Bertz CT molecular complexity index is 204. The van der Waals surface area contributed by atoms with Crippen molar-refractivity contribution in [1.29, 1.82) is 5.26 Å². The molecule has 0 aromatic carbocycles. The van der Waals surface area contributed by atoms with Gasteiger partial charge in [0.1, 0.15) is 0 Å². The molecule has 0 heterocycles. The zero-order valence-corrected chi connectivity index (χ0v) is 8.48. The smallest absolute Gasteiger partial charge is 0.0687 e. The average molecular weight is 165 g/mol. The molecule has 12 heavy (non-hydrogen) atoms. The summed E-state index contributed by atoms with van der Waals surface area (Å²) >= 11 is 0. The zero-order valence-electron chi connectivity index (χ0n) is 8.48. The molecule has 0 aromatic heterocycles. The number of nitrogens with zero attached hydrogens (tertiary/aromatic N) is 1. The van der Waals surface area contributed by atoms with Crippen LogP contribution in [0.5, 0.6) is 0 Å². The van der Waals surface area contributed by atoms with Gasteiger partial charge in [0.15, 0.2) is 0 Å².